The molecule has 0 aromatic carbocycles. The molecule has 2 atom stereocenters. The molecule has 2 heterocycles. The molecule has 0 aromatic heterocycles. The Hall–Kier alpha value is -1.10. The molecule has 2 aliphatic rings. The molecule has 0 aliphatic carbocycles. The number of piperidine rings is 1. The fraction of sp³-hybridized carbons (Fsp3) is 0.875. The van der Waals surface area contributed by atoms with Crippen LogP contribution in [0.4, 0.5) is 0 Å². The smallest absolute Gasteiger partial charge is 0.245 e. The summed E-state index contributed by atoms with van der Waals surface area (Å²) in [4.78, 5) is 28.7. The van der Waals surface area contributed by atoms with Crippen molar-refractivity contribution in [3.63, 3.8) is 0 Å². The molecule has 120 valence electrons. The minimum absolute atomic E-state index is 0.0508. The maximum Gasteiger partial charge on any atom is 0.245 e. The minimum atomic E-state index is -0.242. The molecule has 2 aliphatic heterocycles. The van der Waals surface area contributed by atoms with E-state index >= 15 is 0 Å². The fourth-order valence-corrected chi connectivity index (χ4v) is 3.45. The van der Waals surface area contributed by atoms with Crippen molar-refractivity contribution in [3.8, 4) is 0 Å². The van der Waals surface area contributed by atoms with Gasteiger partial charge in [0.2, 0.25) is 11.8 Å². The van der Waals surface area contributed by atoms with Gasteiger partial charge < -0.3 is 15.5 Å². The van der Waals surface area contributed by atoms with E-state index < -0.39 is 0 Å². The predicted octanol–water partition coefficient (Wildman–Crippen LogP) is 1.36. The quantitative estimate of drug-likeness (QED) is 0.855. The van der Waals surface area contributed by atoms with Crippen LogP contribution in [0.15, 0.2) is 0 Å². The number of rotatable bonds is 3. The topological polar surface area (TPSA) is 66.6 Å². The van der Waals surface area contributed by atoms with Gasteiger partial charge >= 0.3 is 0 Å². The number of nitrogens with two attached hydrogens (primary N) is 1. The van der Waals surface area contributed by atoms with Gasteiger partial charge in [0.1, 0.15) is 6.04 Å². The summed E-state index contributed by atoms with van der Waals surface area (Å²) in [6, 6.07) is -0.0999. The first-order chi connectivity index (χ1) is 9.86. The van der Waals surface area contributed by atoms with E-state index in [0.717, 1.165) is 38.8 Å². The van der Waals surface area contributed by atoms with Gasteiger partial charge in [-0.1, -0.05) is 20.8 Å². The number of likely N-dealkylation sites (tertiary alicyclic amines) is 2. The molecule has 0 radical (unpaired) electrons. The molecule has 2 fully saturated rings. The van der Waals surface area contributed by atoms with Crippen LogP contribution in [0.2, 0.25) is 0 Å². The lowest BCUT2D eigenvalue weighted by atomic mass is 9.79. The van der Waals surface area contributed by atoms with Crippen molar-refractivity contribution in [2.45, 2.75) is 65.0 Å². The van der Waals surface area contributed by atoms with Gasteiger partial charge in [-0.25, -0.2) is 0 Å². The van der Waals surface area contributed by atoms with Crippen LogP contribution < -0.4 is 5.73 Å². The maximum absolute atomic E-state index is 12.8. The Balaban J connectivity index is 2.03. The van der Waals surface area contributed by atoms with Crippen molar-refractivity contribution < 1.29 is 9.59 Å². The second-order valence-corrected chi connectivity index (χ2v) is 7.14. The molecule has 0 saturated carbocycles. The summed E-state index contributed by atoms with van der Waals surface area (Å²) in [6.07, 6.45) is 3.95. The summed E-state index contributed by atoms with van der Waals surface area (Å²) in [5.41, 5.74) is 6.09. The molecule has 5 heteroatoms. The van der Waals surface area contributed by atoms with Crippen LogP contribution >= 0.6 is 0 Å². The monoisotopic (exact) mass is 295 g/mol. The van der Waals surface area contributed by atoms with Crippen LogP contribution in [0.5, 0.6) is 0 Å². The van der Waals surface area contributed by atoms with Crippen molar-refractivity contribution in [2.75, 3.05) is 19.6 Å². The SMILES string of the molecule is CCCC(=O)N1CCCC1C(=O)N1CCC(N)C(C)(C)C1. The summed E-state index contributed by atoms with van der Waals surface area (Å²) in [5.74, 6) is 0.248. The Morgan fingerprint density at radius 2 is 1.95 bits per heavy atom. The Labute approximate surface area is 127 Å². The van der Waals surface area contributed by atoms with Crippen LogP contribution in [-0.2, 0) is 9.59 Å². The van der Waals surface area contributed by atoms with E-state index in [-0.39, 0.29) is 29.3 Å². The number of carbonyl (C=O) groups excluding carboxylic acids is 2. The average molecular weight is 295 g/mol. The molecular formula is C16H29N3O2. The highest BCUT2D eigenvalue weighted by atomic mass is 16.2. The van der Waals surface area contributed by atoms with E-state index in [0.29, 0.717) is 13.0 Å². The Morgan fingerprint density at radius 1 is 1.24 bits per heavy atom. The number of hydrogen-bond acceptors (Lipinski definition) is 3. The lowest BCUT2D eigenvalue weighted by Crippen LogP contribution is -2.57. The number of amides is 2. The Morgan fingerprint density at radius 3 is 2.57 bits per heavy atom. The molecule has 2 unspecified atom stereocenters. The van der Waals surface area contributed by atoms with Gasteiger partial charge in [-0.2, -0.15) is 0 Å². The van der Waals surface area contributed by atoms with Gasteiger partial charge in [-0.15, -0.1) is 0 Å². The normalized spacial score (nSPS) is 28.8. The van der Waals surface area contributed by atoms with E-state index in [1.165, 1.54) is 0 Å². The molecular weight excluding hydrogens is 266 g/mol. The van der Waals surface area contributed by atoms with Gasteiger partial charge in [-0.3, -0.25) is 9.59 Å². The van der Waals surface area contributed by atoms with E-state index in [9.17, 15) is 9.59 Å². The third-order valence-electron chi connectivity index (χ3n) is 4.95. The van der Waals surface area contributed by atoms with E-state index in [2.05, 4.69) is 13.8 Å². The molecule has 0 spiro atoms. The Kier molecular flexibility index (Phi) is 4.91. The highest BCUT2D eigenvalue weighted by molar-refractivity contribution is 5.88. The first-order valence-corrected chi connectivity index (χ1v) is 8.20. The van der Waals surface area contributed by atoms with Gasteiger partial charge in [0.05, 0.1) is 0 Å². The fourth-order valence-electron chi connectivity index (χ4n) is 3.45. The van der Waals surface area contributed by atoms with Crippen LogP contribution in [0.3, 0.4) is 0 Å². The second-order valence-electron chi connectivity index (χ2n) is 7.14. The van der Waals surface area contributed by atoms with E-state index in [4.69, 9.17) is 5.73 Å². The molecule has 5 nitrogen and oxygen atoms in total. The van der Waals surface area contributed by atoms with Gasteiger partial charge in [0.15, 0.2) is 0 Å². The summed E-state index contributed by atoms with van der Waals surface area (Å²) in [6.45, 7) is 8.37. The molecule has 2 rings (SSSR count). The summed E-state index contributed by atoms with van der Waals surface area (Å²) in [7, 11) is 0. The van der Waals surface area contributed by atoms with E-state index in [1.54, 1.807) is 4.90 Å². The van der Waals surface area contributed by atoms with Crippen molar-refractivity contribution in [2.24, 2.45) is 11.1 Å². The van der Waals surface area contributed by atoms with Crippen molar-refractivity contribution in [1.29, 1.82) is 0 Å². The van der Waals surface area contributed by atoms with Crippen LogP contribution in [0, 0.1) is 5.41 Å². The highest BCUT2D eigenvalue weighted by Crippen LogP contribution is 2.30. The molecule has 21 heavy (non-hydrogen) atoms. The first kappa shape index (κ1) is 16.3. The van der Waals surface area contributed by atoms with Crippen molar-refractivity contribution in [1.82, 2.24) is 9.80 Å². The van der Waals surface area contributed by atoms with Gasteiger partial charge in [0, 0.05) is 32.1 Å². The first-order valence-electron chi connectivity index (χ1n) is 8.20. The lowest BCUT2D eigenvalue weighted by Gasteiger charge is -2.44. The third-order valence-corrected chi connectivity index (χ3v) is 4.95. The standard InChI is InChI=1S/C16H29N3O2/c1-4-6-14(20)19-9-5-7-12(19)15(21)18-10-8-13(17)16(2,3)11-18/h12-13H,4-11,17H2,1-3H3. The molecule has 2 saturated heterocycles. The number of carbonyl (C=O) groups is 2. The van der Waals surface area contributed by atoms with Gasteiger partial charge in [0.25, 0.3) is 0 Å². The van der Waals surface area contributed by atoms with Crippen LogP contribution in [0.1, 0.15) is 52.9 Å². The molecule has 2 amide bonds. The lowest BCUT2D eigenvalue weighted by molar-refractivity contribution is -0.146. The highest BCUT2D eigenvalue weighted by Gasteiger charge is 2.40. The van der Waals surface area contributed by atoms with Crippen LogP contribution in [0.25, 0.3) is 0 Å². The zero-order valence-electron chi connectivity index (χ0n) is 13.6. The van der Waals surface area contributed by atoms with Crippen molar-refractivity contribution in [3.05, 3.63) is 0 Å². The largest absolute Gasteiger partial charge is 0.340 e. The zero-order valence-corrected chi connectivity index (χ0v) is 13.6. The summed E-state index contributed by atoms with van der Waals surface area (Å²) in [5, 5.41) is 0. The molecule has 0 aromatic rings. The second kappa shape index (κ2) is 6.34. The van der Waals surface area contributed by atoms with E-state index in [1.807, 2.05) is 11.8 Å². The van der Waals surface area contributed by atoms with Crippen LogP contribution in [-0.4, -0.2) is 53.3 Å². The molecule has 2 N–H and O–H groups in total. The number of hydrogen-bond donors (Lipinski definition) is 1. The summed E-state index contributed by atoms with van der Waals surface area (Å²) >= 11 is 0. The predicted molar refractivity (Wildman–Crippen MR) is 82.6 cm³/mol. The molecule has 0 bridgehead atoms. The zero-order chi connectivity index (χ0) is 15.6. The van der Waals surface area contributed by atoms with Crippen molar-refractivity contribution >= 4 is 11.8 Å². The Bertz CT molecular complexity index is 408. The maximum atomic E-state index is 12.8. The number of nitrogens with zero attached hydrogens (tertiary/aromatic N) is 2. The minimum Gasteiger partial charge on any atom is -0.340 e. The van der Waals surface area contributed by atoms with Gasteiger partial charge in [-0.05, 0) is 31.1 Å². The third kappa shape index (κ3) is 3.39. The average Bonchev–Trinajstić information content (AvgIpc) is 2.90. The summed E-state index contributed by atoms with van der Waals surface area (Å²) < 4.78 is 0.